The molecular formula is C24H13FN6. The maximum Gasteiger partial charge on any atom is 0.250 e. The second kappa shape index (κ2) is 6.28. The van der Waals surface area contributed by atoms with Crippen molar-refractivity contribution >= 4 is 16.7 Å². The van der Waals surface area contributed by atoms with Crippen LogP contribution in [0.5, 0.6) is 0 Å². The number of halogens is 1. The number of aromatic nitrogens is 5. The van der Waals surface area contributed by atoms with Crippen LogP contribution in [-0.2, 0) is 5.41 Å². The Morgan fingerprint density at radius 1 is 0.968 bits per heavy atom. The fraction of sp³-hybridized carbons (Fsp3) is 0.0417. The van der Waals surface area contributed by atoms with E-state index in [0.29, 0.717) is 17.0 Å². The summed E-state index contributed by atoms with van der Waals surface area (Å²) in [5.74, 6) is -0.124. The second-order valence-electron chi connectivity index (χ2n) is 7.42. The lowest BCUT2D eigenvalue weighted by atomic mass is 9.89. The highest BCUT2D eigenvalue weighted by Crippen LogP contribution is 2.45. The van der Waals surface area contributed by atoms with Gasteiger partial charge in [0.2, 0.25) is 0 Å². The minimum absolute atomic E-state index is 0.00645. The molecule has 5 aromatic rings. The van der Waals surface area contributed by atoms with Gasteiger partial charge in [-0.05, 0) is 35.9 Å². The van der Waals surface area contributed by atoms with Crippen molar-refractivity contribution in [1.29, 1.82) is 5.26 Å². The maximum absolute atomic E-state index is 14.1. The molecular weight excluding hydrogens is 391 g/mol. The predicted octanol–water partition coefficient (Wildman–Crippen LogP) is 4.21. The molecule has 0 aliphatic heterocycles. The molecule has 3 aromatic heterocycles. The first kappa shape index (κ1) is 17.4. The van der Waals surface area contributed by atoms with Crippen LogP contribution in [0.3, 0.4) is 0 Å². The molecule has 2 aromatic carbocycles. The Hall–Kier alpha value is -4.44. The lowest BCUT2D eigenvalue weighted by Crippen LogP contribution is -2.15. The first-order valence-corrected chi connectivity index (χ1v) is 9.65. The molecule has 0 saturated carbocycles. The van der Waals surface area contributed by atoms with Crippen molar-refractivity contribution in [2.24, 2.45) is 0 Å². The quantitative estimate of drug-likeness (QED) is 0.421. The number of allylic oxidation sites excluding steroid dienone is 2. The van der Waals surface area contributed by atoms with Crippen LogP contribution in [0.25, 0.3) is 27.9 Å². The summed E-state index contributed by atoms with van der Waals surface area (Å²) in [7, 11) is 0. The number of hydrogen-bond acceptors (Lipinski definition) is 5. The second-order valence-corrected chi connectivity index (χ2v) is 7.42. The van der Waals surface area contributed by atoms with Crippen LogP contribution in [0.15, 0.2) is 79.3 Å². The lowest BCUT2D eigenvalue weighted by Gasteiger charge is -2.16. The minimum Gasteiger partial charge on any atom is -0.256 e. The van der Waals surface area contributed by atoms with Crippen LogP contribution in [-0.4, -0.2) is 24.6 Å². The van der Waals surface area contributed by atoms with Gasteiger partial charge < -0.3 is 0 Å². The van der Waals surface area contributed by atoms with Crippen LogP contribution in [0.4, 0.5) is 4.39 Å². The molecule has 31 heavy (non-hydrogen) atoms. The van der Waals surface area contributed by atoms with Crippen molar-refractivity contribution in [3.05, 3.63) is 102 Å². The van der Waals surface area contributed by atoms with Crippen LogP contribution >= 0.6 is 0 Å². The van der Waals surface area contributed by atoms with Crippen molar-refractivity contribution in [3.63, 3.8) is 0 Å². The minimum atomic E-state index is -0.585. The van der Waals surface area contributed by atoms with E-state index in [9.17, 15) is 4.39 Å². The first-order chi connectivity index (χ1) is 15.2. The fourth-order valence-electron chi connectivity index (χ4n) is 3.88. The summed E-state index contributed by atoms with van der Waals surface area (Å²) in [6.45, 7) is 0. The summed E-state index contributed by atoms with van der Waals surface area (Å²) in [4.78, 5) is 13.2. The van der Waals surface area contributed by atoms with Gasteiger partial charge in [-0.2, -0.15) is 14.9 Å². The van der Waals surface area contributed by atoms with Gasteiger partial charge in [0.25, 0.3) is 5.78 Å². The van der Waals surface area contributed by atoms with E-state index in [1.54, 1.807) is 29.2 Å². The zero-order valence-electron chi connectivity index (χ0n) is 16.1. The van der Waals surface area contributed by atoms with E-state index in [0.717, 1.165) is 22.2 Å². The number of rotatable bonds is 3. The molecule has 0 bridgehead atoms. The monoisotopic (exact) mass is 404 g/mol. The molecule has 1 aliphatic carbocycles. The highest BCUT2D eigenvalue weighted by atomic mass is 19.1. The van der Waals surface area contributed by atoms with Gasteiger partial charge in [0.15, 0.2) is 0 Å². The van der Waals surface area contributed by atoms with Crippen LogP contribution in [0, 0.1) is 17.1 Å². The van der Waals surface area contributed by atoms with E-state index < -0.39 is 11.2 Å². The number of fused-ring (bicyclic) bond motifs is 2. The number of nitriles is 1. The van der Waals surface area contributed by atoms with Crippen LogP contribution < -0.4 is 0 Å². The Kier molecular flexibility index (Phi) is 3.53. The largest absolute Gasteiger partial charge is 0.256 e. The SMILES string of the molecule is N#Cc1ccc(-c2cnc3ncc(C4(c5ccc6ncccc6c5)C=C4)n3n2)cc1F. The molecule has 0 spiro atoms. The van der Waals surface area contributed by atoms with Gasteiger partial charge in [0, 0.05) is 17.1 Å². The van der Waals surface area contributed by atoms with Crippen LogP contribution in [0.1, 0.15) is 16.8 Å². The van der Waals surface area contributed by atoms with Crippen molar-refractivity contribution in [3.8, 4) is 17.3 Å². The summed E-state index contributed by atoms with van der Waals surface area (Å²) in [5.41, 5.74) is 3.49. The van der Waals surface area contributed by atoms with E-state index in [4.69, 9.17) is 5.26 Å². The Morgan fingerprint density at radius 2 is 1.84 bits per heavy atom. The average molecular weight is 404 g/mol. The molecule has 0 saturated heterocycles. The smallest absolute Gasteiger partial charge is 0.250 e. The summed E-state index contributed by atoms with van der Waals surface area (Å²) < 4.78 is 15.8. The number of pyridine rings is 1. The van der Waals surface area contributed by atoms with Gasteiger partial charge in [0.1, 0.15) is 17.6 Å². The normalized spacial score (nSPS) is 14.1. The Morgan fingerprint density at radius 3 is 2.65 bits per heavy atom. The third kappa shape index (κ3) is 2.62. The molecule has 0 N–H and O–H groups in total. The summed E-state index contributed by atoms with van der Waals surface area (Å²) in [5, 5.41) is 14.7. The molecule has 6 nitrogen and oxygen atoms in total. The zero-order chi connectivity index (χ0) is 21.0. The maximum atomic E-state index is 14.1. The van der Waals surface area contributed by atoms with Crippen molar-refractivity contribution in [2.45, 2.75) is 5.41 Å². The van der Waals surface area contributed by atoms with E-state index in [-0.39, 0.29) is 5.56 Å². The highest BCUT2D eigenvalue weighted by molar-refractivity contribution is 5.80. The van der Waals surface area contributed by atoms with E-state index in [1.807, 2.05) is 24.3 Å². The predicted molar refractivity (Wildman–Crippen MR) is 113 cm³/mol. The standard InChI is InChI=1S/C24H13FN6/c25-19-11-16(3-4-17(19)12-26)21-13-28-23-29-14-22(31(23)30-21)24(7-8-24)18-5-6-20-15(10-18)2-1-9-27-20/h1-11,13-14H. The van der Waals surface area contributed by atoms with E-state index in [2.05, 4.69) is 44.3 Å². The topological polar surface area (TPSA) is 79.8 Å². The van der Waals surface area contributed by atoms with Gasteiger partial charge in [-0.15, -0.1) is 0 Å². The van der Waals surface area contributed by atoms with Crippen LogP contribution in [0.2, 0.25) is 0 Å². The number of benzene rings is 2. The number of hydrogen-bond donors (Lipinski definition) is 0. The summed E-state index contributed by atoms with van der Waals surface area (Å²) >= 11 is 0. The molecule has 0 radical (unpaired) electrons. The molecule has 3 heterocycles. The zero-order valence-corrected chi connectivity index (χ0v) is 16.1. The summed E-state index contributed by atoms with van der Waals surface area (Å²) in [6.07, 6.45) is 9.31. The van der Waals surface area contributed by atoms with Gasteiger partial charge in [-0.1, -0.05) is 30.4 Å². The van der Waals surface area contributed by atoms with E-state index in [1.165, 1.54) is 12.1 Å². The molecule has 0 amide bonds. The lowest BCUT2D eigenvalue weighted by molar-refractivity contribution is 0.624. The first-order valence-electron chi connectivity index (χ1n) is 9.65. The third-order valence-electron chi connectivity index (χ3n) is 5.62. The number of imidazole rings is 1. The molecule has 7 heteroatoms. The molecule has 0 atom stereocenters. The molecule has 0 unspecified atom stereocenters. The van der Waals surface area contributed by atoms with Crippen molar-refractivity contribution in [1.82, 2.24) is 24.6 Å². The molecule has 146 valence electrons. The summed E-state index contributed by atoms with van der Waals surface area (Å²) in [6, 6.07) is 16.4. The molecule has 1 aliphatic rings. The van der Waals surface area contributed by atoms with Crippen molar-refractivity contribution in [2.75, 3.05) is 0 Å². The Bertz CT molecular complexity index is 1570. The van der Waals surface area contributed by atoms with E-state index >= 15 is 0 Å². The number of nitrogens with zero attached hydrogens (tertiary/aromatic N) is 6. The van der Waals surface area contributed by atoms with Gasteiger partial charge in [-0.3, -0.25) is 4.98 Å². The van der Waals surface area contributed by atoms with Gasteiger partial charge >= 0.3 is 0 Å². The fourth-order valence-corrected chi connectivity index (χ4v) is 3.88. The molecule has 6 rings (SSSR count). The highest BCUT2D eigenvalue weighted by Gasteiger charge is 2.41. The Balaban J connectivity index is 1.48. The Labute approximate surface area is 176 Å². The third-order valence-corrected chi connectivity index (χ3v) is 5.62. The van der Waals surface area contributed by atoms with Gasteiger partial charge in [0.05, 0.1) is 34.6 Å². The van der Waals surface area contributed by atoms with Crippen molar-refractivity contribution < 1.29 is 4.39 Å². The van der Waals surface area contributed by atoms with Gasteiger partial charge in [-0.25, -0.2) is 14.4 Å². The molecule has 0 fully saturated rings. The average Bonchev–Trinajstić information content (AvgIpc) is 3.51.